The van der Waals surface area contributed by atoms with Crippen LogP contribution in [0.15, 0.2) is 4.99 Å². The lowest BCUT2D eigenvalue weighted by Gasteiger charge is -2.29. The Bertz CT molecular complexity index is 1240. The lowest BCUT2D eigenvalue weighted by molar-refractivity contribution is -0.143. The first-order valence-electron chi connectivity index (χ1n) is 17.9. The quantitative estimate of drug-likeness (QED) is 0.0305. The van der Waals surface area contributed by atoms with Crippen molar-refractivity contribution in [2.24, 2.45) is 51.6 Å². The highest BCUT2D eigenvalue weighted by atomic mass is 16.4. The van der Waals surface area contributed by atoms with Gasteiger partial charge in [-0.1, -0.05) is 55.4 Å². The highest BCUT2D eigenvalue weighted by Crippen LogP contribution is 2.13. The smallest absolute Gasteiger partial charge is 0.326 e. The Labute approximate surface area is 307 Å². The summed E-state index contributed by atoms with van der Waals surface area (Å²) in [4.78, 5) is 94.1. The summed E-state index contributed by atoms with van der Waals surface area (Å²) in [6.45, 7) is 14.6. The number of carboxylic acids is 1. The fourth-order valence-corrected chi connectivity index (χ4v) is 5.18. The van der Waals surface area contributed by atoms with Crippen LogP contribution in [0.3, 0.4) is 0 Å². The second-order valence-electron chi connectivity index (χ2n) is 14.8. The van der Waals surface area contributed by atoms with Gasteiger partial charge in [0.25, 0.3) is 0 Å². The summed E-state index contributed by atoms with van der Waals surface area (Å²) in [6, 6.07) is -6.83. The van der Waals surface area contributed by atoms with E-state index in [9.17, 15) is 38.7 Å². The van der Waals surface area contributed by atoms with Gasteiger partial charge in [-0.2, -0.15) is 0 Å². The molecule has 6 atom stereocenters. The molecule has 18 heteroatoms. The van der Waals surface area contributed by atoms with Crippen molar-refractivity contribution in [1.82, 2.24) is 26.6 Å². The first-order valence-corrected chi connectivity index (χ1v) is 17.9. The van der Waals surface area contributed by atoms with E-state index in [4.69, 9.17) is 22.9 Å². The standard InChI is InChI=1S/C34H64N10O8/c1-17(2)14-23(30(48)43-25(33(51)52)16-19(5)6)42-32(50)27(20(7)8)44-31(49)24(15-18(3)4)41-29(47)22(11-12-26(36)45)40-28(46)21(35)10-9-13-39-34(37)38/h17-25,27H,9-16,35H2,1-8H3,(H2,36,45)(H,40,46)(H,41,47)(H,42,50)(H,43,48)(H,44,49)(H,51,52)(H4,37,38,39)/t21-,22-,23-,24-,25-,27-/m0/s1. The van der Waals surface area contributed by atoms with Crippen molar-refractivity contribution in [3.63, 3.8) is 0 Å². The van der Waals surface area contributed by atoms with Crippen LogP contribution in [0.5, 0.6) is 0 Å². The zero-order valence-electron chi connectivity index (χ0n) is 32.0. The number of guanidine groups is 1. The number of amides is 6. The van der Waals surface area contributed by atoms with Crippen molar-refractivity contribution in [1.29, 1.82) is 0 Å². The average Bonchev–Trinajstić information content (AvgIpc) is 3.01. The molecule has 52 heavy (non-hydrogen) atoms. The maximum Gasteiger partial charge on any atom is 0.326 e. The molecule has 0 radical (unpaired) electrons. The normalized spacial score (nSPS) is 14.8. The van der Waals surface area contributed by atoms with Crippen molar-refractivity contribution >= 4 is 47.4 Å². The molecule has 14 N–H and O–H groups in total. The number of aliphatic imine (C=N–C) groups is 1. The van der Waals surface area contributed by atoms with Gasteiger partial charge in [0, 0.05) is 13.0 Å². The van der Waals surface area contributed by atoms with Crippen LogP contribution in [0.4, 0.5) is 0 Å². The molecule has 0 bridgehead atoms. The first-order chi connectivity index (χ1) is 24.0. The number of aliphatic carboxylic acids is 1. The minimum atomic E-state index is -1.27. The summed E-state index contributed by atoms with van der Waals surface area (Å²) >= 11 is 0. The van der Waals surface area contributed by atoms with Crippen LogP contribution >= 0.6 is 0 Å². The van der Waals surface area contributed by atoms with Gasteiger partial charge in [0.2, 0.25) is 35.4 Å². The maximum absolute atomic E-state index is 13.7. The van der Waals surface area contributed by atoms with Gasteiger partial charge in [-0.15, -0.1) is 0 Å². The second-order valence-corrected chi connectivity index (χ2v) is 14.8. The molecule has 0 unspecified atom stereocenters. The van der Waals surface area contributed by atoms with E-state index in [-0.39, 0.29) is 68.8 Å². The summed E-state index contributed by atoms with van der Waals surface area (Å²) in [5.41, 5.74) is 21.9. The van der Waals surface area contributed by atoms with Gasteiger partial charge in [0.15, 0.2) is 5.96 Å². The van der Waals surface area contributed by atoms with E-state index in [0.717, 1.165) is 0 Å². The highest BCUT2D eigenvalue weighted by Gasteiger charge is 2.34. The van der Waals surface area contributed by atoms with E-state index in [0.29, 0.717) is 6.42 Å². The molecule has 0 saturated carbocycles. The Balaban J connectivity index is 6.05. The number of carbonyl (C=O) groups is 7. The lowest BCUT2D eigenvalue weighted by Crippen LogP contribution is -2.60. The summed E-state index contributed by atoms with van der Waals surface area (Å²) in [5.74, 6) is -6.11. The molecule has 0 aliphatic heterocycles. The number of rotatable bonds is 25. The van der Waals surface area contributed by atoms with Crippen LogP contribution in [-0.2, 0) is 33.6 Å². The molecular formula is C34H64N10O8. The van der Waals surface area contributed by atoms with Gasteiger partial charge >= 0.3 is 5.97 Å². The van der Waals surface area contributed by atoms with E-state index in [1.165, 1.54) is 0 Å². The molecule has 0 aromatic heterocycles. The van der Waals surface area contributed by atoms with Crippen molar-refractivity contribution < 1.29 is 38.7 Å². The molecule has 0 fully saturated rings. The van der Waals surface area contributed by atoms with E-state index in [1.807, 2.05) is 41.5 Å². The summed E-state index contributed by atoms with van der Waals surface area (Å²) in [5, 5.41) is 22.7. The van der Waals surface area contributed by atoms with Gasteiger partial charge in [0.05, 0.1) is 6.04 Å². The number of nitrogens with two attached hydrogens (primary N) is 4. The zero-order valence-corrected chi connectivity index (χ0v) is 32.0. The summed E-state index contributed by atoms with van der Waals surface area (Å²) in [7, 11) is 0. The molecule has 18 nitrogen and oxygen atoms in total. The number of nitrogens with one attached hydrogen (secondary N) is 5. The monoisotopic (exact) mass is 740 g/mol. The van der Waals surface area contributed by atoms with Crippen LogP contribution in [0.1, 0.15) is 100 Å². The largest absolute Gasteiger partial charge is 0.480 e. The molecule has 298 valence electrons. The first kappa shape index (κ1) is 47.5. The number of hydrogen-bond acceptors (Lipinski definition) is 9. The zero-order chi connectivity index (χ0) is 40.3. The number of primary amides is 1. The van der Waals surface area contributed by atoms with Gasteiger partial charge in [-0.3, -0.25) is 33.8 Å². The maximum atomic E-state index is 13.7. The fourth-order valence-electron chi connectivity index (χ4n) is 5.18. The van der Waals surface area contributed by atoms with E-state index in [1.54, 1.807) is 13.8 Å². The molecule has 0 aliphatic rings. The number of hydrogen-bond donors (Lipinski definition) is 10. The second kappa shape index (κ2) is 23.9. The van der Waals surface area contributed by atoms with Gasteiger partial charge in [-0.25, -0.2) is 4.79 Å². The van der Waals surface area contributed by atoms with E-state index >= 15 is 0 Å². The van der Waals surface area contributed by atoms with Crippen molar-refractivity contribution in [2.75, 3.05) is 6.54 Å². The minimum Gasteiger partial charge on any atom is -0.480 e. The minimum absolute atomic E-state index is 0.0143. The SMILES string of the molecule is CC(C)C[C@H](NC(=O)[C@H](CC(C)C)NC(=O)[C@@H](NC(=O)[C@H](CC(C)C)NC(=O)[C@H](CCC(N)=O)NC(=O)[C@@H](N)CCCN=C(N)N)C(C)C)C(=O)O. The van der Waals surface area contributed by atoms with Crippen LogP contribution in [0.2, 0.25) is 0 Å². The Morgan fingerprint density at radius 2 is 1.00 bits per heavy atom. The third kappa shape index (κ3) is 19.8. The van der Waals surface area contributed by atoms with Crippen molar-refractivity contribution in [3.8, 4) is 0 Å². The van der Waals surface area contributed by atoms with Crippen molar-refractivity contribution in [3.05, 3.63) is 0 Å². The molecule has 0 aliphatic carbocycles. The van der Waals surface area contributed by atoms with Crippen LogP contribution in [0, 0.1) is 23.7 Å². The lowest BCUT2D eigenvalue weighted by atomic mass is 9.97. The average molecular weight is 741 g/mol. The highest BCUT2D eigenvalue weighted by molar-refractivity contribution is 5.96. The third-order valence-electron chi connectivity index (χ3n) is 7.87. The van der Waals surface area contributed by atoms with Gasteiger partial charge in [0.1, 0.15) is 30.2 Å². The van der Waals surface area contributed by atoms with Crippen LogP contribution in [-0.4, -0.2) is 95.3 Å². The third-order valence-corrected chi connectivity index (χ3v) is 7.87. The predicted molar refractivity (Wildman–Crippen MR) is 197 cm³/mol. The van der Waals surface area contributed by atoms with Crippen LogP contribution in [0.25, 0.3) is 0 Å². The molecule has 0 heterocycles. The number of carboxylic acid groups (broad SMARTS) is 1. The molecule has 0 aromatic rings. The fraction of sp³-hybridized carbons (Fsp3) is 0.765. The molecule has 0 spiro atoms. The Hall–Kier alpha value is -4.48. The topological polar surface area (TPSA) is 316 Å². The Kier molecular flexibility index (Phi) is 21.8. The molecule has 0 aromatic carbocycles. The predicted octanol–water partition coefficient (Wildman–Crippen LogP) is -1.06. The van der Waals surface area contributed by atoms with E-state index in [2.05, 4.69) is 31.6 Å². The number of carbonyl (C=O) groups excluding carboxylic acids is 6. The Morgan fingerprint density at radius 3 is 1.44 bits per heavy atom. The molecular weight excluding hydrogens is 676 g/mol. The molecule has 6 amide bonds. The van der Waals surface area contributed by atoms with Gasteiger partial charge in [-0.05, 0) is 62.2 Å². The van der Waals surface area contributed by atoms with E-state index < -0.39 is 83.6 Å². The van der Waals surface area contributed by atoms with Gasteiger partial charge < -0.3 is 54.6 Å². The van der Waals surface area contributed by atoms with Crippen molar-refractivity contribution in [2.45, 2.75) is 137 Å². The summed E-state index contributed by atoms with van der Waals surface area (Å²) < 4.78 is 0. The summed E-state index contributed by atoms with van der Waals surface area (Å²) in [6.07, 6.45) is 0.712. The molecule has 0 saturated heterocycles. The van der Waals surface area contributed by atoms with Crippen LogP contribution < -0.4 is 49.5 Å². The number of nitrogens with zero attached hydrogens (tertiary/aromatic N) is 1. The Morgan fingerprint density at radius 1 is 0.577 bits per heavy atom. The molecule has 0 rings (SSSR count).